The highest BCUT2D eigenvalue weighted by Gasteiger charge is 2.19. The maximum atomic E-state index is 11.8. The lowest BCUT2D eigenvalue weighted by Gasteiger charge is -2.13. The molecule has 2 N–H and O–H groups in total. The highest BCUT2D eigenvalue weighted by atomic mass is 16.5. The molecule has 39 heavy (non-hydrogen) atoms. The lowest BCUT2D eigenvalue weighted by molar-refractivity contribution is -0.124. The zero-order valence-electron chi connectivity index (χ0n) is 25.7. The van der Waals surface area contributed by atoms with Crippen molar-refractivity contribution in [2.24, 2.45) is 0 Å². The Bertz CT molecular complexity index is 597. The van der Waals surface area contributed by atoms with Crippen LogP contribution >= 0.6 is 0 Å². The lowest BCUT2D eigenvalue weighted by atomic mass is 10.0. The number of likely N-dealkylation sites (N-methyl/N-ethyl adjacent to an activating group) is 1. The monoisotopic (exact) mass is 553 g/mol. The molecule has 0 fully saturated rings. The molecule has 0 aromatic heterocycles. The van der Waals surface area contributed by atoms with Crippen LogP contribution in [0.1, 0.15) is 142 Å². The van der Waals surface area contributed by atoms with E-state index in [1.807, 2.05) is 7.05 Å². The van der Waals surface area contributed by atoms with Crippen molar-refractivity contribution in [2.45, 2.75) is 154 Å². The average Bonchev–Trinajstić information content (AvgIpc) is 3.25. The Hall–Kier alpha value is -0.950. The van der Waals surface area contributed by atoms with Crippen molar-refractivity contribution in [2.75, 3.05) is 40.0 Å². The van der Waals surface area contributed by atoms with E-state index in [1.165, 1.54) is 96.3 Å². The predicted molar refractivity (Wildman–Crippen MR) is 162 cm³/mol. The predicted octanol–water partition coefficient (Wildman–Crippen LogP) is 7.35. The molecule has 0 aromatic rings. The summed E-state index contributed by atoms with van der Waals surface area (Å²) in [7, 11) is 1.87. The zero-order chi connectivity index (χ0) is 28.4. The van der Waals surface area contributed by atoms with E-state index in [0.29, 0.717) is 26.4 Å². The molecule has 0 aromatic carbocycles. The molecule has 1 heterocycles. The largest absolute Gasteiger partial charge is 0.391 e. The SMILES string of the molecule is CCCCCCCCCC[C@H](O)COCCOC[C@@H](O)CCCCCCCCCCCCC1=CCN(C)C1=O. The zero-order valence-corrected chi connectivity index (χ0v) is 25.7. The van der Waals surface area contributed by atoms with Gasteiger partial charge in [0.05, 0.1) is 38.6 Å². The first-order valence-electron chi connectivity index (χ1n) is 16.5. The molecule has 6 heteroatoms. The third-order valence-electron chi connectivity index (χ3n) is 7.85. The molecule has 0 unspecified atom stereocenters. The maximum Gasteiger partial charge on any atom is 0.249 e. The number of hydrogen-bond acceptors (Lipinski definition) is 5. The number of ether oxygens (including phenoxy) is 2. The summed E-state index contributed by atoms with van der Waals surface area (Å²) in [6.45, 7) is 4.71. The normalized spacial score (nSPS) is 15.2. The molecule has 0 aliphatic carbocycles. The van der Waals surface area contributed by atoms with Gasteiger partial charge in [-0.1, -0.05) is 122 Å². The third-order valence-corrected chi connectivity index (χ3v) is 7.85. The van der Waals surface area contributed by atoms with Gasteiger partial charge in [-0.15, -0.1) is 0 Å². The minimum Gasteiger partial charge on any atom is -0.391 e. The summed E-state index contributed by atoms with van der Waals surface area (Å²) in [5.41, 5.74) is 1.01. The minimum atomic E-state index is -0.395. The highest BCUT2D eigenvalue weighted by molar-refractivity contribution is 5.95. The van der Waals surface area contributed by atoms with Gasteiger partial charge in [-0.05, 0) is 25.7 Å². The highest BCUT2D eigenvalue weighted by Crippen LogP contribution is 2.18. The molecule has 1 aliphatic heterocycles. The average molecular weight is 554 g/mol. The van der Waals surface area contributed by atoms with Crippen molar-refractivity contribution in [1.82, 2.24) is 4.90 Å². The number of hydrogen-bond donors (Lipinski definition) is 2. The summed E-state index contributed by atoms with van der Waals surface area (Å²) in [6, 6.07) is 0. The molecule has 0 saturated carbocycles. The van der Waals surface area contributed by atoms with Gasteiger partial charge in [-0.3, -0.25) is 4.79 Å². The molecule has 6 nitrogen and oxygen atoms in total. The number of amides is 1. The van der Waals surface area contributed by atoms with Crippen molar-refractivity contribution in [3.63, 3.8) is 0 Å². The van der Waals surface area contributed by atoms with Gasteiger partial charge in [-0.25, -0.2) is 0 Å². The van der Waals surface area contributed by atoms with Crippen LogP contribution in [0.2, 0.25) is 0 Å². The molecule has 1 amide bonds. The van der Waals surface area contributed by atoms with Crippen molar-refractivity contribution in [1.29, 1.82) is 0 Å². The number of carbonyl (C=O) groups is 1. The Morgan fingerprint density at radius 3 is 1.51 bits per heavy atom. The quantitative estimate of drug-likeness (QED) is 0.0947. The van der Waals surface area contributed by atoms with E-state index in [9.17, 15) is 15.0 Å². The van der Waals surface area contributed by atoms with Gasteiger partial charge in [0.1, 0.15) is 0 Å². The van der Waals surface area contributed by atoms with Gasteiger partial charge in [0.15, 0.2) is 0 Å². The van der Waals surface area contributed by atoms with Crippen LogP contribution in [0.15, 0.2) is 11.6 Å². The van der Waals surface area contributed by atoms with Crippen LogP contribution < -0.4 is 0 Å². The Kier molecular flexibility index (Phi) is 24.0. The molecular weight excluding hydrogens is 490 g/mol. The standard InChI is InChI=1S/C33H63NO5/c1-3-4-5-6-7-13-16-19-22-31(35)28-38-26-27-39-29-32(36)23-20-17-14-11-9-8-10-12-15-18-21-30-24-25-34(2)33(30)37/h24,31-32,35-36H,3-23,25-29H2,1-2H3/t31-,32-/m0/s1. The van der Waals surface area contributed by atoms with Gasteiger partial charge >= 0.3 is 0 Å². The maximum absolute atomic E-state index is 11.8. The Morgan fingerprint density at radius 1 is 0.692 bits per heavy atom. The Labute approximate surface area is 240 Å². The van der Waals surface area contributed by atoms with Crippen molar-refractivity contribution >= 4 is 5.91 Å². The van der Waals surface area contributed by atoms with Crippen LogP contribution in [0, 0.1) is 0 Å². The molecule has 0 radical (unpaired) electrons. The summed E-state index contributed by atoms with van der Waals surface area (Å²) in [6.07, 6.45) is 26.4. The fraction of sp³-hybridized carbons (Fsp3) is 0.909. The number of unbranched alkanes of at least 4 members (excludes halogenated alkanes) is 16. The molecule has 0 bridgehead atoms. The summed E-state index contributed by atoms with van der Waals surface area (Å²) in [5, 5.41) is 20.1. The molecule has 0 spiro atoms. The summed E-state index contributed by atoms with van der Waals surface area (Å²) < 4.78 is 11.1. The van der Waals surface area contributed by atoms with Gasteiger partial charge in [0.25, 0.3) is 0 Å². The first kappa shape index (κ1) is 36.1. The number of carbonyl (C=O) groups excluding carboxylic acids is 1. The van der Waals surface area contributed by atoms with E-state index in [1.54, 1.807) is 4.90 Å². The Balaban J connectivity index is 1.75. The van der Waals surface area contributed by atoms with E-state index in [4.69, 9.17) is 9.47 Å². The summed E-state index contributed by atoms with van der Waals surface area (Å²) in [5.74, 6) is 0.219. The first-order chi connectivity index (χ1) is 19.0. The molecule has 1 aliphatic rings. The number of nitrogens with zero attached hydrogens (tertiary/aromatic N) is 1. The number of aliphatic hydroxyl groups is 2. The van der Waals surface area contributed by atoms with Crippen molar-refractivity contribution in [3.05, 3.63) is 11.6 Å². The minimum absolute atomic E-state index is 0.219. The van der Waals surface area contributed by atoms with Crippen molar-refractivity contribution in [3.8, 4) is 0 Å². The second kappa shape index (κ2) is 26.0. The molecule has 0 saturated heterocycles. The number of rotatable bonds is 29. The van der Waals surface area contributed by atoms with Crippen LogP contribution in [0.25, 0.3) is 0 Å². The van der Waals surface area contributed by atoms with E-state index >= 15 is 0 Å². The van der Waals surface area contributed by atoms with Crippen LogP contribution in [-0.2, 0) is 14.3 Å². The number of aliphatic hydroxyl groups excluding tert-OH is 2. The van der Waals surface area contributed by atoms with E-state index in [0.717, 1.165) is 50.6 Å². The van der Waals surface area contributed by atoms with Gasteiger partial charge in [0.2, 0.25) is 5.91 Å². The summed E-state index contributed by atoms with van der Waals surface area (Å²) in [4.78, 5) is 13.6. The van der Waals surface area contributed by atoms with E-state index in [2.05, 4.69) is 13.0 Å². The third kappa shape index (κ3) is 21.5. The smallest absolute Gasteiger partial charge is 0.249 e. The molecule has 1 rings (SSSR count). The Morgan fingerprint density at radius 2 is 1.10 bits per heavy atom. The van der Waals surface area contributed by atoms with Gasteiger partial charge < -0.3 is 24.6 Å². The van der Waals surface area contributed by atoms with E-state index < -0.39 is 6.10 Å². The topological polar surface area (TPSA) is 79.2 Å². The van der Waals surface area contributed by atoms with Crippen LogP contribution in [-0.4, -0.2) is 73.2 Å². The molecule has 230 valence electrons. The fourth-order valence-corrected chi connectivity index (χ4v) is 5.22. The van der Waals surface area contributed by atoms with E-state index in [-0.39, 0.29) is 12.0 Å². The molecular formula is C33H63NO5. The summed E-state index contributed by atoms with van der Waals surface area (Å²) >= 11 is 0. The van der Waals surface area contributed by atoms with Crippen LogP contribution in [0.5, 0.6) is 0 Å². The van der Waals surface area contributed by atoms with Crippen LogP contribution in [0.4, 0.5) is 0 Å². The van der Waals surface area contributed by atoms with Crippen molar-refractivity contribution < 1.29 is 24.5 Å². The fourth-order valence-electron chi connectivity index (χ4n) is 5.22. The van der Waals surface area contributed by atoms with Gasteiger partial charge in [-0.2, -0.15) is 0 Å². The second-order valence-corrected chi connectivity index (χ2v) is 11.7. The molecule has 2 atom stereocenters. The second-order valence-electron chi connectivity index (χ2n) is 11.7. The van der Waals surface area contributed by atoms with Gasteiger partial charge in [0, 0.05) is 19.2 Å². The lowest BCUT2D eigenvalue weighted by Crippen LogP contribution is -2.21. The first-order valence-corrected chi connectivity index (χ1v) is 16.5. The van der Waals surface area contributed by atoms with Crippen LogP contribution in [0.3, 0.4) is 0 Å².